The van der Waals surface area contributed by atoms with Crippen LogP contribution >= 0.6 is 12.4 Å². The molecule has 1 aromatic rings. The number of aryl methyl sites for hydroxylation is 1. The van der Waals surface area contributed by atoms with Crippen molar-refractivity contribution >= 4 is 18.3 Å². The first kappa shape index (κ1) is 17.9. The van der Waals surface area contributed by atoms with Crippen LogP contribution < -0.4 is 11.1 Å². The van der Waals surface area contributed by atoms with Gasteiger partial charge in [-0.1, -0.05) is 30.9 Å². The molecule has 21 heavy (non-hydrogen) atoms. The van der Waals surface area contributed by atoms with Gasteiger partial charge >= 0.3 is 0 Å². The average Bonchev–Trinajstić information content (AvgIpc) is 2.48. The summed E-state index contributed by atoms with van der Waals surface area (Å²) < 4.78 is 13.7. The smallest absolute Gasteiger partial charge is 0.254 e. The summed E-state index contributed by atoms with van der Waals surface area (Å²) in [5.41, 5.74) is 6.77. The van der Waals surface area contributed by atoms with Crippen LogP contribution in [0.5, 0.6) is 0 Å². The van der Waals surface area contributed by atoms with Crippen molar-refractivity contribution in [3.63, 3.8) is 0 Å². The predicted molar refractivity (Wildman–Crippen MR) is 85.3 cm³/mol. The SMILES string of the molecule is Cc1ccc(F)c(C(=O)NC(CN)C2CCCCC2)c1.Cl. The molecule has 1 aromatic carbocycles. The van der Waals surface area contributed by atoms with Gasteiger partial charge in [0, 0.05) is 12.6 Å². The quantitative estimate of drug-likeness (QED) is 0.896. The summed E-state index contributed by atoms with van der Waals surface area (Å²) in [6.45, 7) is 2.25. The third-order valence-electron chi connectivity index (χ3n) is 4.16. The van der Waals surface area contributed by atoms with Crippen molar-refractivity contribution in [2.24, 2.45) is 11.7 Å². The van der Waals surface area contributed by atoms with Gasteiger partial charge in [-0.15, -0.1) is 12.4 Å². The van der Waals surface area contributed by atoms with Gasteiger partial charge in [-0.2, -0.15) is 0 Å². The second kappa shape index (κ2) is 8.35. The van der Waals surface area contributed by atoms with E-state index in [9.17, 15) is 9.18 Å². The van der Waals surface area contributed by atoms with Gasteiger partial charge in [0.15, 0.2) is 0 Å². The van der Waals surface area contributed by atoms with E-state index < -0.39 is 5.82 Å². The van der Waals surface area contributed by atoms with Crippen LogP contribution in [0.1, 0.15) is 48.0 Å². The maximum Gasteiger partial charge on any atom is 0.254 e. The zero-order chi connectivity index (χ0) is 14.5. The number of nitrogens with two attached hydrogens (primary N) is 1. The minimum atomic E-state index is -0.479. The fraction of sp³-hybridized carbons (Fsp3) is 0.562. The molecule has 1 saturated carbocycles. The third-order valence-corrected chi connectivity index (χ3v) is 4.16. The van der Waals surface area contributed by atoms with Crippen LogP contribution in [0, 0.1) is 18.7 Å². The topological polar surface area (TPSA) is 55.1 Å². The average molecular weight is 315 g/mol. The first-order chi connectivity index (χ1) is 9.61. The van der Waals surface area contributed by atoms with Gasteiger partial charge in [0.1, 0.15) is 5.82 Å². The molecule has 0 saturated heterocycles. The van der Waals surface area contributed by atoms with Crippen molar-refractivity contribution in [3.8, 4) is 0 Å². The highest BCUT2D eigenvalue weighted by Gasteiger charge is 2.25. The van der Waals surface area contributed by atoms with E-state index in [1.54, 1.807) is 12.1 Å². The van der Waals surface area contributed by atoms with Gasteiger partial charge in [-0.25, -0.2) is 4.39 Å². The molecule has 0 spiro atoms. The molecule has 0 aromatic heterocycles. The number of hydrogen-bond donors (Lipinski definition) is 2. The van der Waals surface area contributed by atoms with Crippen LogP contribution in [0.15, 0.2) is 18.2 Å². The first-order valence-electron chi connectivity index (χ1n) is 7.39. The van der Waals surface area contributed by atoms with Gasteiger partial charge in [0.05, 0.1) is 5.56 Å². The summed E-state index contributed by atoms with van der Waals surface area (Å²) >= 11 is 0. The molecule has 1 aliphatic carbocycles. The standard InChI is InChI=1S/C16H23FN2O.ClH/c1-11-7-8-14(17)13(9-11)16(20)19-15(10-18)12-5-3-2-4-6-12;/h7-9,12,15H,2-6,10,18H2,1H3,(H,19,20);1H. The molecular weight excluding hydrogens is 291 g/mol. The minimum Gasteiger partial charge on any atom is -0.348 e. The van der Waals surface area contributed by atoms with Crippen LogP contribution in [0.2, 0.25) is 0 Å². The Bertz CT molecular complexity index is 475. The molecule has 0 heterocycles. The summed E-state index contributed by atoms with van der Waals surface area (Å²) in [5, 5.41) is 2.92. The summed E-state index contributed by atoms with van der Waals surface area (Å²) in [6, 6.07) is 4.53. The molecule has 1 atom stereocenters. The van der Waals surface area contributed by atoms with Crippen LogP contribution in [0.25, 0.3) is 0 Å². The van der Waals surface area contributed by atoms with Crippen LogP contribution in [-0.4, -0.2) is 18.5 Å². The fourth-order valence-electron chi connectivity index (χ4n) is 2.97. The minimum absolute atomic E-state index is 0. The molecule has 1 fully saturated rings. The van der Waals surface area contributed by atoms with E-state index in [1.807, 2.05) is 6.92 Å². The van der Waals surface area contributed by atoms with Gasteiger partial charge in [0.25, 0.3) is 5.91 Å². The normalized spacial score (nSPS) is 16.9. The molecule has 1 amide bonds. The number of benzene rings is 1. The molecule has 2 rings (SSSR count). The third kappa shape index (κ3) is 4.68. The zero-order valence-corrected chi connectivity index (χ0v) is 13.2. The molecule has 0 radical (unpaired) electrons. The molecule has 1 unspecified atom stereocenters. The summed E-state index contributed by atoms with van der Waals surface area (Å²) in [6.07, 6.45) is 5.83. The first-order valence-corrected chi connectivity index (χ1v) is 7.39. The summed E-state index contributed by atoms with van der Waals surface area (Å²) in [5.74, 6) is -0.412. The van der Waals surface area contributed by atoms with Crippen LogP contribution in [0.4, 0.5) is 4.39 Å². The van der Waals surface area contributed by atoms with Crippen molar-refractivity contribution in [1.82, 2.24) is 5.32 Å². The van der Waals surface area contributed by atoms with E-state index in [0.717, 1.165) is 18.4 Å². The highest BCUT2D eigenvalue weighted by molar-refractivity contribution is 5.94. The molecule has 118 valence electrons. The van der Waals surface area contributed by atoms with E-state index in [0.29, 0.717) is 12.5 Å². The van der Waals surface area contributed by atoms with Gasteiger partial charge in [0.2, 0.25) is 0 Å². The Labute approximate surface area is 131 Å². The number of rotatable bonds is 4. The molecule has 0 bridgehead atoms. The Morgan fingerprint density at radius 1 is 1.38 bits per heavy atom. The largest absolute Gasteiger partial charge is 0.348 e. The number of hydrogen-bond acceptors (Lipinski definition) is 2. The second-order valence-corrected chi connectivity index (χ2v) is 5.70. The lowest BCUT2D eigenvalue weighted by molar-refractivity contribution is 0.0911. The van der Waals surface area contributed by atoms with E-state index in [-0.39, 0.29) is 29.9 Å². The molecule has 3 N–H and O–H groups in total. The van der Waals surface area contributed by atoms with Crippen molar-refractivity contribution < 1.29 is 9.18 Å². The predicted octanol–water partition coefficient (Wildman–Crippen LogP) is 3.19. The number of carbonyl (C=O) groups is 1. The monoisotopic (exact) mass is 314 g/mol. The van der Waals surface area contributed by atoms with Crippen LogP contribution in [0.3, 0.4) is 0 Å². The molecule has 1 aliphatic rings. The van der Waals surface area contributed by atoms with Gasteiger partial charge in [-0.3, -0.25) is 4.79 Å². The van der Waals surface area contributed by atoms with E-state index >= 15 is 0 Å². The Hall–Kier alpha value is -1.13. The Morgan fingerprint density at radius 3 is 2.67 bits per heavy atom. The molecule has 0 aliphatic heterocycles. The van der Waals surface area contributed by atoms with Crippen LogP contribution in [-0.2, 0) is 0 Å². The lowest BCUT2D eigenvalue weighted by atomic mass is 9.84. The summed E-state index contributed by atoms with van der Waals surface area (Å²) in [4.78, 5) is 12.2. The van der Waals surface area contributed by atoms with Crippen molar-refractivity contribution in [2.45, 2.75) is 45.1 Å². The van der Waals surface area contributed by atoms with Crippen molar-refractivity contribution in [1.29, 1.82) is 0 Å². The number of nitrogens with one attached hydrogen (secondary N) is 1. The van der Waals surface area contributed by atoms with Crippen molar-refractivity contribution in [2.75, 3.05) is 6.54 Å². The van der Waals surface area contributed by atoms with Crippen molar-refractivity contribution in [3.05, 3.63) is 35.1 Å². The Kier molecular flexibility index (Phi) is 7.12. The molecule has 3 nitrogen and oxygen atoms in total. The molecule has 5 heteroatoms. The van der Waals surface area contributed by atoms with Gasteiger partial charge in [-0.05, 0) is 37.8 Å². The highest BCUT2D eigenvalue weighted by atomic mass is 35.5. The molecular formula is C16H24ClFN2O. The Morgan fingerprint density at radius 2 is 2.05 bits per heavy atom. The number of halogens is 2. The maximum atomic E-state index is 13.7. The fourth-order valence-corrected chi connectivity index (χ4v) is 2.97. The second-order valence-electron chi connectivity index (χ2n) is 5.70. The highest BCUT2D eigenvalue weighted by Crippen LogP contribution is 2.26. The lowest BCUT2D eigenvalue weighted by Gasteiger charge is -2.30. The number of carbonyl (C=O) groups excluding carboxylic acids is 1. The van der Waals surface area contributed by atoms with E-state index in [1.165, 1.54) is 25.3 Å². The Balaban J connectivity index is 0.00000220. The number of amides is 1. The zero-order valence-electron chi connectivity index (χ0n) is 12.4. The van der Waals surface area contributed by atoms with E-state index in [2.05, 4.69) is 5.32 Å². The summed E-state index contributed by atoms with van der Waals surface area (Å²) in [7, 11) is 0. The lowest BCUT2D eigenvalue weighted by Crippen LogP contribution is -2.46. The maximum absolute atomic E-state index is 13.7. The van der Waals surface area contributed by atoms with E-state index in [4.69, 9.17) is 5.73 Å². The van der Waals surface area contributed by atoms with Gasteiger partial charge < -0.3 is 11.1 Å².